The first-order valence-corrected chi connectivity index (χ1v) is 1.98. The van der Waals surface area contributed by atoms with Gasteiger partial charge in [0.2, 0.25) is 0 Å². The standard InChI is InChI=1S/C4H9NO2/c5-4(7)2-1-3-6/h1-2,4,6-7H,3,5H2. The monoisotopic (exact) mass is 103 g/mol. The van der Waals surface area contributed by atoms with E-state index in [1.165, 1.54) is 12.2 Å². The number of rotatable bonds is 2. The summed E-state index contributed by atoms with van der Waals surface area (Å²) < 4.78 is 0. The number of aliphatic hydroxyl groups is 2. The normalized spacial score (nSPS) is 15.3. The fourth-order valence-electron chi connectivity index (χ4n) is 0.200. The minimum atomic E-state index is -0.938. The van der Waals surface area contributed by atoms with E-state index in [-0.39, 0.29) is 6.61 Å². The number of hydrogen-bond donors (Lipinski definition) is 3. The summed E-state index contributed by atoms with van der Waals surface area (Å²) in [6, 6.07) is 0. The molecule has 0 saturated heterocycles. The lowest BCUT2D eigenvalue weighted by atomic mass is 10.5. The summed E-state index contributed by atoms with van der Waals surface area (Å²) in [4.78, 5) is 0. The molecular weight excluding hydrogens is 94.0 g/mol. The first-order valence-electron chi connectivity index (χ1n) is 1.98. The van der Waals surface area contributed by atoms with Crippen LogP contribution in [0.25, 0.3) is 0 Å². The Bertz CT molecular complexity index is 60.7. The second-order valence-corrected chi connectivity index (χ2v) is 1.10. The Balaban J connectivity index is 3.08. The van der Waals surface area contributed by atoms with Gasteiger partial charge in [-0.2, -0.15) is 0 Å². The Labute approximate surface area is 42.1 Å². The Hall–Kier alpha value is -0.380. The summed E-state index contributed by atoms with van der Waals surface area (Å²) in [5.41, 5.74) is 4.84. The van der Waals surface area contributed by atoms with Gasteiger partial charge in [0.05, 0.1) is 6.61 Å². The molecule has 7 heavy (non-hydrogen) atoms. The minimum absolute atomic E-state index is 0.0751. The molecule has 3 nitrogen and oxygen atoms in total. The summed E-state index contributed by atoms with van der Waals surface area (Å²) >= 11 is 0. The summed E-state index contributed by atoms with van der Waals surface area (Å²) in [7, 11) is 0. The molecule has 0 heterocycles. The maximum Gasteiger partial charge on any atom is 0.121 e. The zero-order valence-electron chi connectivity index (χ0n) is 3.91. The third-order valence-corrected chi connectivity index (χ3v) is 0.439. The highest BCUT2D eigenvalue weighted by Gasteiger charge is 1.79. The molecule has 0 rings (SSSR count). The average molecular weight is 103 g/mol. The van der Waals surface area contributed by atoms with Crippen molar-refractivity contribution in [3.8, 4) is 0 Å². The highest BCUT2D eigenvalue weighted by molar-refractivity contribution is 4.84. The predicted octanol–water partition coefficient (Wildman–Crippen LogP) is -1.19. The SMILES string of the molecule is NC(O)C=CCO. The Morgan fingerprint density at radius 2 is 2.29 bits per heavy atom. The van der Waals surface area contributed by atoms with Crippen LogP contribution in [0.4, 0.5) is 0 Å². The molecule has 0 spiro atoms. The maximum absolute atomic E-state index is 8.26. The van der Waals surface area contributed by atoms with E-state index in [1.807, 2.05) is 0 Å². The van der Waals surface area contributed by atoms with Gasteiger partial charge in [-0.15, -0.1) is 0 Å². The number of hydrogen-bond acceptors (Lipinski definition) is 3. The van der Waals surface area contributed by atoms with Crippen molar-refractivity contribution in [2.75, 3.05) is 6.61 Å². The van der Waals surface area contributed by atoms with Crippen LogP contribution < -0.4 is 5.73 Å². The van der Waals surface area contributed by atoms with Gasteiger partial charge in [-0.05, 0) is 6.08 Å². The molecule has 0 radical (unpaired) electrons. The van der Waals surface area contributed by atoms with Crippen LogP contribution in [0.3, 0.4) is 0 Å². The zero-order valence-corrected chi connectivity index (χ0v) is 3.91. The first-order chi connectivity index (χ1) is 3.27. The molecule has 0 saturated carbocycles. The van der Waals surface area contributed by atoms with Crippen molar-refractivity contribution in [1.29, 1.82) is 0 Å². The molecule has 1 unspecified atom stereocenters. The fraction of sp³-hybridized carbons (Fsp3) is 0.500. The predicted molar refractivity (Wildman–Crippen MR) is 26.4 cm³/mol. The quantitative estimate of drug-likeness (QED) is 0.304. The van der Waals surface area contributed by atoms with E-state index in [1.54, 1.807) is 0 Å². The van der Waals surface area contributed by atoms with E-state index in [0.29, 0.717) is 0 Å². The molecule has 42 valence electrons. The Morgan fingerprint density at radius 1 is 1.71 bits per heavy atom. The van der Waals surface area contributed by atoms with Crippen LogP contribution in [0.5, 0.6) is 0 Å². The van der Waals surface area contributed by atoms with E-state index in [0.717, 1.165) is 0 Å². The van der Waals surface area contributed by atoms with Crippen LogP contribution in [0.15, 0.2) is 12.2 Å². The minimum Gasteiger partial charge on any atom is -0.392 e. The van der Waals surface area contributed by atoms with Crippen LogP contribution in [0.2, 0.25) is 0 Å². The molecule has 0 aliphatic rings. The van der Waals surface area contributed by atoms with Crippen molar-refractivity contribution < 1.29 is 10.2 Å². The van der Waals surface area contributed by atoms with Gasteiger partial charge < -0.3 is 15.9 Å². The van der Waals surface area contributed by atoms with Crippen molar-refractivity contribution in [3.05, 3.63) is 12.2 Å². The third-order valence-electron chi connectivity index (χ3n) is 0.439. The Morgan fingerprint density at radius 3 is 2.43 bits per heavy atom. The van der Waals surface area contributed by atoms with Crippen LogP contribution in [-0.2, 0) is 0 Å². The van der Waals surface area contributed by atoms with Gasteiger partial charge in [-0.1, -0.05) is 6.08 Å². The van der Waals surface area contributed by atoms with E-state index in [4.69, 9.17) is 15.9 Å². The van der Waals surface area contributed by atoms with Gasteiger partial charge in [0.15, 0.2) is 0 Å². The van der Waals surface area contributed by atoms with Crippen molar-refractivity contribution >= 4 is 0 Å². The fourth-order valence-corrected chi connectivity index (χ4v) is 0.200. The summed E-state index contributed by atoms with van der Waals surface area (Å²) in [5, 5.41) is 16.3. The second kappa shape index (κ2) is 3.80. The van der Waals surface area contributed by atoms with E-state index < -0.39 is 6.23 Å². The molecule has 0 aliphatic carbocycles. The lowest BCUT2D eigenvalue weighted by Gasteiger charge is -1.89. The van der Waals surface area contributed by atoms with E-state index >= 15 is 0 Å². The molecule has 0 aromatic carbocycles. The lowest BCUT2D eigenvalue weighted by molar-refractivity contribution is 0.230. The second-order valence-electron chi connectivity index (χ2n) is 1.10. The topological polar surface area (TPSA) is 66.5 Å². The van der Waals surface area contributed by atoms with Gasteiger partial charge in [0, 0.05) is 0 Å². The van der Waals surface area contributed by atoms with Crippen molar-refractivity contribution in [2.45, 2.75) is 6.23 Å². The number of nitrogens with two attached hydrogens (primary N) is 1. The lowest BCUT2D eigenvalue weighted by Crippen LogP contribution is -2.14. The summed E-state index contributed by atoms with van der Waals surface area (Å²) in [6.45, 7) is -0.0751. The van der Waals surface area contributed by atoms with Gasteiger partial charge in [0.25, 0.3) is 0 Å². The van der Waals surface area contributed by atoms with Crippen molar-refractivity contribution in [1.82, 2.24) is 0 Å². The molecule has 3 heteroatoms. The van der Waals surface area contributed by atoms with Gasteiger partial charge in [-0.3, -0.25) is 0 Å². The summed E-state index contributed by atoms with van der Waals surface area (Å²) in [5.74, 6) is 0. The molecule has 0 fully saturated rings. The van der Waals surface area contributed by atoms with Crippen molar-refractivity contribution in [3.63, 3.8) is 0 Å². The smallest absolute Gasteiger partial charge is 0.121 e. The van der Waals surface area contributed by atoms with E-state index in [9.17, 15) is 0 Å². The molecule has 0 amide bonds. The maximum atomic E-state index is 8.26. The van der Waals surface area contributed by atoms with Crippen LogP contribution >= 0.6 is 0 Å². The van der Waals surface area contributed by atoms with Gasteiger partial charge in [-0.25, -0.2) is 0 Å². The highest BCUT2D eigenvalue weighted by atomic mass is 16.3. The van der Waals surface area contributed by atoms with Gasteiger partial charge >= 0.3 is 0 Å². The average Bonchev–Trinajstić information content (AvgIpc) is 1.61. The Kier molecular flexibility index (Phi) is 3.59. The summed E-state index contributed by atoms with van der Waals surface area (Å²) in [6.07, 6.45) is 1.75. The van der Waals surface area contributed by atoms with Gasteiger partial charge in [0.1, 0.15) is 6.23 Å². The molecule has 0 aliphatic heterocycles. The molecule has 4 N–H and O–H groups in total. The third kappa shape index (κ3) is 5.62. The first kappa shape index (κ1) is 6.62. The largest absolute Gasteiger partial charge is 0.392 e. The van der Waals surface area contributed by atoms with Crippen LogP contribution in [-0.4, -0.2) is 23.0 Å². The van der Waals surface area contributed by atoms with E-state index in [2.05, 4.69) is 0 Å². The van der Waals surface area contributed by atoms with Crippen LogP contribution in [0, 0.1) is 0 Å². The molecule has 0 aromatic rings. The number of aliphatic hydroxyl groups excluding tert-OH is 2. The van der Waals surface area contributed by atoms with Crippen LogP contribution in [0.1, 0.15) is 0 Å². The molecule has 1 atom stereocenters. The molecular formula is C4H9NO2. The van der Waals surface area contributed by atoms with Crippen molar-refractivity contribution in [2.24, 2.45) is 5.73 Å². The zero-order chi connectivity index (χ0) is 5.70. The molecule has 0 aromatic heterocycles. The highest BCUT2D eigenvalue weighted by Crippen LogP contribution is 1.71. The molecule has 0 bridgehead atoms.